The fourth-order valence-corrected chi connectivity index (χ4v) is 3.88. The molecule has 2 unspecified atom stereocenters. The minimum absolute atomic E-state index is 0.196. The van der Waals surface area contributed by atoms with Gasteiger partial charge in [0.2, 0.25) is 0 Å². The van der Waals surface area contributed by atoms with Crippen molar-refractivity contribution in [2.24, 2.45) is 5.92 Å². The molecule has 7 atom stereocenters. The van der Waals surface area contributed by atoms with Crippen molar-refractivity contribution in [1.82, 2.24) is 4.90 Å². The number of ether oxygens (including phenoxy) is 1. The topological polar surface area (TPSA) is 90.2 Å². The molecule has 6 heteroatoms. The van der Waals surface area contributed by atoms with Crippen molar-refractivity contribution in [3.63, 3.8) is 0 Å². The van der Waals surface area contributed by atoms with Crippen LogP contribution in [0, 0.1) is 5.92 Å². The summed E-state index contributed by atoms with van der Waals surface area (Å²) in [4.78, 5) is 14.4. The van der Waals surface area contributed by atoms with Gasteiger partial charge < -0.3 is 20.1 Å². The number of fused-ring (bicyclic) bond motifs is 2. The van der Waals surface area contributed by atoms with Gasteiger partial charge >= 0.3 is 5.97 Å². The number of nitrogens with zero attached hydrogens (tertiary/aromatic N) is 1. The number of aliphatic hydroxyl groups excluding tert-OH is 3. The zero-order valence-corrected chi connectivity index (χ0v) is 13.9. The highest BCUT2D eigenvalue weighted by Crippen LogP contribution is 2.37. The van der Waals surface area contributed by atoms with E-state index in [-0.39, 0.29) is 12.1 Å². The van der Waals surface area contributed by atoms with Crippen molar-refractivity contribution in [2.75, 3.05) is 7.05 Å². The van der Waals surface area contributed by atoms with Crippen molar-refractivity contribution < 1.29 is 24.9 Å². The van der Waals surface area contributed by atoms with Crippen LogP contribution < -0.4 is 0 Å². The maximum absolute atomic E-state index is 12.5. The Morgan fingerprint density at radius 1 is 1.21 bits per heavy atom. The molecular weight excluding hydrogens is 310 g/mol. The molecule has 0 radical (unpaired) electrons. The summed E-state index contributed by atoms with van der Waals surface area (Å²) in [6, 6.07) is 8.57. The van der Waals surface area contributed by atoms with Gasteiger partial charge in [0.1, 0.15) is 12.2 Å². The molecule has 0 spiro atoms. The van der Waals surface area contributed by atoms with Crippen LogP contribution in [0.3, 0.4) is 0 Å². The second kappa shape index (κ2) is 6.80. The molecule has 1 aromatic carbocycles. The smallest absolute Gasteiger partial charge is 0.312 e. The number of carbonyl (C=O) groups excluding carboxylic acids is 1. The second-order valence-electron chi connectivity index (χ2n) is 6.96. The summed E-state index contributed by atoms with van der Waals surface area (Å²) in [5.41, 5.74) is 0.653. The highest BCUT2D eigenvalue weighted by molar-refractivity contribution is 5.73. The summed E-state index contributed by atoms with van der Waals surface area (Å²) < 4.78 is 5.56. The third kappa shape index (κ3) is 3.07. The predicted molar refractivity (Wildman–Crippen MR) is 87.0 cm³/mol. The maximum atomic E-state index is 12.5. The van der Waals surface area contributed by atoms with Crippen molar-refractivity contribution in [3.8, 4) is 0 Å². The number of piperidine rings is 1. The lowest BCUT2D eigenvalue weighted by molar-refractivity contribution is -0.163. The Balaban J connectivity index is 1.68. The molecule has 0 saturated carbocycles. The first-order valence-corrected chi connectivity index (χ1v) is 8.41. The molecule has 132 valence electrons. The minimum Gasteiger partial charge on any atom is -0.458 e. The molecule has 0 amide bonds. The Bertz CT molecular complexity index is 580. The highest BCUT2D eigenvalue weighted by atomic mass is 16.6. The third-order valence-corrected chi connectivity index (χ3v) is 5.42. The van der Waals surface area contributed by atoms with E-state index in [0.29, 0.717) is 18.4 Å². The quantitative estimate of drug-likeness (QED) is 0.693. The summed E-state index contributed by atoms with van der Waals surface area (Å²) in [5.74, 6) is -1.28. The molecule has 2 heterocycles. The van der Waals surface area contributed by atoms with Crippen LogP contribution in [-0.2, 0) is 9.53 Å². The summed E-state index contributed by atoms with van der Waals surface area (Å²) in [5, 5.41) is 30.7. The van der Waals surface area contributed by atoms with Gasteiger partial charge in [0, 0.05) is 6.04 Å². The van der Waals surface area contributed by atoms with Crippen LogP contribution in [0.1, 0.15) is 31.4 Å². The summed E-state index contributed by atoms with van der Waals surface area (Å²) in [6.07, 6.45) is -1.98. The zero-order chi connectivity index (χ0) is 17.4. The average molecular weight is 335 g/mol. The normalized spacial score (nSPS) is 35.5. The van der Waals surface area contributed by atoms with Gasteiger partial charge in [0.25, 0.3) is 0 Å². The van der Waals surface area contributed by atoms with Gasteiger partial charge in [-0.15, -0.1) is 0 Å². The standard InChI is InChI=1S/C18H25NO5/c1-10(15(21)11-6-4-3-5-7-11)18(23)24-17-14-9-12(20)8-13(16(17)22)19(14)2/h3-7,10,12-17,20-22H,8-9H2,1-2H3/t10?,12-,13-,14+,15?,16-,17+/m0/s1. The third-order valence-electron chi connectivity index (χ3n) is 5.42. The highest BCUT2D eigenvalue weighted by Gasteiger charge is 2.53. The van der Waals surface area contributed by atoms with Crippen LogP contribution in [-0.4, -0.2) is 63.6 Å². The lowest BCUT2D eigenvalue weighted by Crippen LogP contribution is -2.45. The first-order valence-electron chi connectivity index (χ1n) is 8.41. The molecule has 24 heavy (non-hydrogen) atoms. The molecule has 6 nitrogen and oxygen atoms in total. The molecule has 2 aliphatic heterocycles. The number of esters is 1. The van der Waals surface area contributed by atoms with E-state index in [1.54, 1.807) is 31.2 Å². The molecule has 0 aliphatic carbocycles. The van der Waals surface area contributed by atoms with Crippen molar-refractivity contribution in [3.05, 3.63) is 35.9 Å². The van der Waals surface area contributed by atoms with Crippen molar-refractivity contribution >= 4 is 5.97 Å². The van der Waals surface area contributed by atoms with E-state index in [0.717, 1.165) is 0 Å². The van der Waals surface area contributed by atoms with E-state index in [9.17, 15) is 20.1 Å². The number of hydrogen-bond donors (Lipinski definition) is 3. The van der Waals surface area contributed by atoms with E-state index < -0.39 is 36.3 Å². The molecule has 2 bridgehead atoms. The fourth-order valence-electron chi connectivity index (χ4n) is 3.88. The van der Waals surface area contributed by atoms with Crippen LogP contribution >= 0.6 is 0 Å². The molecule has 1 aromatic rings. The summed E-state index contributed by atoms with van der Waals surface area (Å²) in [7, 11) is 1.88. The monoisotopic (exact) mass is 335 g/mol. The van der Waals surface area contributed by atoms with Gasteiger partial charge in [-0.1, -0.05) is 30.3 Å². The molecule has 2 fully saturated rings. The van der Waals surface area contributed by atoms with E-state index in [2.05, 4.69) is 0 Å². The number of benzene rings is 1. The average Bonchev–Trinajstić information content (AvgIpc) is 2.71. The second-order valence-corrected chi connectivity index (χ2v) is 6.96. The predicted octanol–water partition coefficient (Wildman–Crippen LogP) is 0.466. The van der Waals surface area contributed by atoms with E-state index in [4.69, 9.17) is 4.74 Å². The lowest BCUT2D eigenvalue weighted by atomic mass is 9.97. The number of rotatable bonds is 4. The Morgan fingerprint density at radius 2 is 1.83 bits per heavy atom. The zero-order valence-electron chi connectivity index (χ0n) is 13.9. The van der Waals surface area contributed by atoms with Gasteiger partial charge in [-0.05, 0) is 32.4 Å². The lowest BCUT2D eigenvalue weighted by Gasteiger charge is -2.34. The first kappa shape index (κ1) is 17.4. The number of aliphatic hydroxyl groups is 3. The number of carbonyl (C=O) groups is 1. The SMILES string of the molecule is CC(C(=O)O[C@H]1[C@@H](O)[C@@H]2C[C@H](O)C[C@H]1N2C)C(O)c1ccccc1. The van der Waals surface area contributed by atoms with Gasteiger partial charge in [-0.25, -0.2) is 0 Å². The van der Waals surface area contributed by atoms with Crippen LogP contribution in [0.4, 0.5) is 0 Å². The van der Waals surface area contributed by atoms with Crippen LogP contribution in [0.25, 0.3) is 0 Å². The molecule has 0 aromatic heterocycles. The van der Waals surface area contributed by atoms with Gasteiger partial charge in [-0.3, -0.25) is 9.69 Å². The molecule has 2 aliphatic rings. The Hall–Kier alpha value is -1.47. The molecule has 3 N–H and O–H groups in total. The van der Waals surface area contributed by atoms with Crippen LogP contribution in [0.5, 0.6) is 0 Å². The minimum atomic E-state index is -0.958. The summed E-state index contributed by atoms with van der Waals surface area (Å²) in [6.45, 7) is 1.62. The Morgan fingerprint density at radius 3 is 2.50 bits per heavy atom. The van der Waals surface area contributed by atoms with E-state index in [1.165, 1.54) is 0 Å². The Labute approximate surface area is 141 Å². The van der Waals surface area contributed by atoms with Crippen molar-refractivity contribution in [2.45, 2.75) is 56.3 Å². The van der Waals surface area contributed by atoms with Gasteiger partial charge in [0.15, 0.2) is 0 Å². The molecular formula is C18H25NO5. The van der Waals surface area contributed by atoms with Crippen LogP contribution in [0.15, 0.2) is 30.3 Å². The van der Waals surface area contributed by atoms with Crippen molar-refractivity contribution in [1.29, 1.82) is 0 Å². The Kier molecular flexibility index (Phi) is 4.92. The van der Waals surface area contributed by atoms with Crippen LogP contribution in [0.2, 0.25) is 0 Å². The molecule has 3 rings (SSSR count). The fraction of sp³-hybridized carbons (Fsp3) is 0.611. The first-order chi connectivity index (χ1) is 11.4. The maximum Gasteiger partial charge on any atom is 0.312 e. The number of hydrogen-bond acceptors (Lipinski definition) is 6. The number of likely N-dealkylation sites (N-methyl/N-ethyl adjacent to an activating group) is 1. The molecule has 2 saturated heterocycles. The summed E-state index contributed by atoms with van der Waals surface area (Å²) >= 11 is 0. The van der Waals surface area contributed by atoms with Gasteiger partial charge in [0.05, 0.1) is 24.2 Å². The van der Waals surface area contributed by atoms with E-state index in [1.807, 2.05) is 18.0 Å². The largest absolute Gasteiger partial charge is 0.458 e. The van der Waals surface area contributed by atoms with Gasteiger partial charge in [-0.2, -0.15) is 0 Å². The van der Waals surface area contributed by atoms with E-state index >= 15 is 0 Å².